The fourth-order valence-corrected chi connectivity index (χ4v) is 3.40. The first-order chi connectivity index (χ1) is 8.91. The molecule has 0 heterocycles. The van der Waals surface area contributed by atoms with Crippen LogP contribution in [0.25, 0.3) is 11.1 Å². The zero-order chi connectivity index (χ0) is 13.9. The quantitative estimate of drug-likeness (QED) is 0.566. The number of nitrogen functional groups attached to an aromatic ring is 2. The molecule has 0 bridgehead atoms. The van der Waals surface area contributed by atoms with E-state index in [1.807, 2.05) is 0 Å². The Balaban J connectivity index is 2.36. The molecule has 0 saturated carbocycles. The summed E-state index contributed by atoms with van der Waals surface area (Å²) in [4.78, 5) is 0. The standard InChI is InChI=1S/C13H8Cl4N2/c14-8-2-4-5-3-9(15)13(19)11(17)7(5)1-6(4)10(16)12(8)18/h2-3H,1,18-19H2. The number of benzene rings is 2. The van der Waals surface area contributed by atoms with Crippen molar-refractivity contribution in [3.63, 3.8) is 0 Å². The molecule has 0 aliphatic heterocycles. The van der Waals surface area contributed by atoms with Crippen molar-refractivity contribution in [1.29, 1.82) is 0 Å². The fourth-order valence-electron chi connectivity index (χ4n) is 2.36. The molecule has 4 N–H and O–H groups in total. The summed E-state index contributed by atoms with van der Waals surface area (Å²) in [7, 11) is 0. The number of fused-ring (bicyclic) bond motifs is 3. The van der Waals surface area contributed by atoms with Crippen molar-refractivity contribution in [3.05, 3.63) is 43.4 Å². The molecule has 3 rings (SSSR count). The Labute approximate surface area is 130 Å². The normalized spacial score (nSPS) is 12.4. The van der Waals surface area contributed by atoms with Gasteiger partial charge in [-0.2, -0.15) is 0 Å². The summed E-state index contributed by atoms with van der Waals surface area (Å²) < 4.78 is 0. The van der Waals surface area contributed by atoms with E-state index in [1.54, 1.807) is 12.1 Å². The Morgan fingerprint density at radius 3 is 1.47 bits per heavy atom. The van der Waals surface area contributed by atoms with Crippen molar-refractivity contribution in [2.75, 3.05) is 11.5 Å². The van der Waals surface area contributed by atoms with Crippen LogP contribution in [0.5, 0.6) is 0 Å². The minimum absolute atomic E-state index is 0.380. The number of hydrogen-bond acceptors (Lipinski definition) is 2. The van der Waals surface area contributed by atoms with Crippen LogP contribution in [-0.2, 0) is 6.42 Å². The van der Waals surface area contributed by atoms with Gasteiger partial charge < -0.3 is 11.5 Å². The van der Waals surface area contributed by atoms with Crippen LogP contribution < -0.4 is 11.5 Å². The molecule has 0 spiro atoms. The Kier molecular flexibility index (Phi) is 3.02. The monoisotopic (exact) mass is 332 g/mol. The predicted molar refractivity (Wildman–Crippen MR) is 83.5 cm³/mol. The van der Waals surface area contributed by atoms with E-state index in [1.165, 1.54) is 0 Å². The third-order valence-electron chi connectivity index (χ3n) is 3.35. The molecule has 0 aromatic heterocycles. The van der Waals surface area contributed by atoms with E-state index in [0.29, 0.717) is 37.9 Å². The van der Waals surface area contributed by atoms with Crippen LogP contribution in [0.3, 0.4) is 0 Å². The van der Waals surface area contributed by atoms with Crippen LogP contribution >= 0.6 is 46.4 Å². The lowest BCUT2D eigenvalue weighted by atomic mass is 10.0. The highest BCUT2D eigenvalue weighted by atomic mass is 35.5. The number of rotatable bonds is 0. The Hall–Kier alpha value is -0.800. The van der Waals surface area contributed by atoms with Crippen molar-refractivity contribution >= 4 is 57.8 Å². The summed E-state index contributed by atoms with van der Waals surface area (Å²) in [5.74, 6) is 0. The topological polar surface area (TPSA) is 52.0 Å². The maximum atomic E-state index is 6.25. The summed E-state index contributed by atoms with van der Waals surface area (Å²) in [6.07, 6.45) is 0.574. The Bertz CT molecular complexity index is 664. The van der Waals surface area contributed by atoms with Crippen LogP contribution in [0.1, 0.15) is 11.1 Å². The average Bonchev–Trinajstić information content (AvgIpc) is 2.73. The van der Waals surface area contributed by atoms with E-state index in [-0.39, 0.29) is 0 Å². The zero-order valence-electron chi connectivity index (χ0n) is 9.53. The smallest absolute Gasteiger partial charge is 0.0696 e. The first kappa shape index (κ1) is 13.2. The van der Waals surface area contributed by atoms with Crippen molar-refractivity contribution in [2.24, 2.45) is 0 Å². The molecule has 2 nitrogen and oxygen atoms in total. The molecule has 0 fully saturated rings. The first-order valence-corrected chi connectivity index (χ1v) is 6.96. The van der Waals surface area contributed by atoms with Gasteiger partial charge in [0, 0.05) is 6.42 Å². The molecule has 98 valence electrons. The highest BCUT2D eigenvalue weighted by Gasteiger charge is 2.27. The lowest BCUT2D eigenvalue weighted by Gasteiger charge is -2.09. The number of hydrogen-bond donors (Lipinski definition) is 2. The molecule has 0 radical (unpaired) electrons. The van der Waals surface area contributed by atoms with Gasteiger partial charge >= 0.3 is 0 Å². The molecular formula is C13H8Cl4N2. The van der Waals surface area contributed by atoms with E-state index in [0.717, 1.165) is 22.3 Å². The Morgan fingerprint density at radius 2 is 1.11 bits per heavy atom. The minimum Gasteiger partial charge on any atom is -0.396 e. The molecule has 1 aliphatic carbocycles. The molecule has 2 aromatic carbocycles. The van der Waals surface area contributed by atoms with Crippen molar-refractivity contribution in [1.82, 2.24) is 0 Å². The van der Waals surface area contributed by atoms with Gasteiger partial charge in [-0.25, -0.2) is 0 Å². The largest absolute Gasteiger partial charge is 0.396 e. The van der Waals surface area contributed by atoms with Crippen LogP contribution in [0.15, 0.2) is 12.1 Å². The molecule has 19 heavy (non-hydrogen) atoms. The van der Waals surface area contributed by atoms with Crippen molar-refractivity contribution in [3.8, 4) is 11.1 Å². The van der Waals surface area contributed by atoms with Gasteiger partial charge in [-0.15, -0.1) is 0 Å². The first-order valence-electron chi connectivity index (χ1n) is 5.45. The van der Waals surface area contributed by atoms with Crippen LogP contribution in [0.2, 0.25) is 20.1 Å². The summed E-state index contributed by atoms with van der Waals surface area (Å²) in [6, 6.07) is 3.57. The third-order valence-corrected chi connectivity index (χ3v) is 4.84. The van der Waals surface area contributed by atoms with E-state index < -0.39 is 0 Å². The van der Waals surface area contributed by atoms with Crippen molar-refractivity contribution in [2.45, 2.75) is 6.42 Å². The second-order valence-corrected chi connectivity index (χ2v) is 5.97. The number of anilines is 2. The van der Waals surface area contributed by atoms with Gasteiger partial charge in [-0.05, 0) is 34.4 Å². The van der Waals surface area contributed by atoms with Crippen molar-refractivity contribution < 1.29 is 0 Å². The van der Waals surface area contributed by atoms with Gasteiger partial charge in [0.2, 0.25) is 0 Å². The van der Waals surface area contributed by atoms with Crippen LogP contribution in [0.4, 0.5) is 11.4 Å². The number of halogens is 4. The lowest BCUT2D eigenvalue weighted by molar-refractivity contribution is 1.26. The van der Waals surface area contributed by atoms with Gasteiger partial charge in [0.05, 0.1) is 31.5 Å². The second kappa shape index (κ2) is 4.35. The highest BCUT2D eigenvalue weighted by Crippen LogP contribution is 2.49. The Morgan fingerprint density at radius 1 is 0.737 bits per heavy atom. The van der Waals surface area contributed by atoms with E-state index >= 15 is 0 Å². The molecule has 0 amide bonds. The average molecular weight is 334 g/mol. The summed E-state index contributed by atoms with van der Waals surface area (Å²) in [5.41, 5.74) is 16.1. The molecule has 2 aromatic rings. The van der Waals surface area contributed by atoms with E-state index in [4.69, 9.17) is 57.9 Å². The minimum atomic E-state index is 0.380. The maximum absolute atomic E-state index is 6.25. The summed E-state index contributed by atoms with van der Waals surface area (Å²) in [6.45, 7) is 0. The van der Waals surface area contributed by atoms with Crippen LogP contribution in [-0.4, -0.2) is 0 Å². The second-order valence-electron chi connectivity index (χ2n) is 4.40. The molecule has 0 unspecified atom stereocenters. The van der Waals surface area contributed by atoms with Crippen LogP contribution in [0, 0.1) is 0 Å². The van der Waals surface area contributed by atoms with Gasteiger partial charge in [0.25, 0.3) is 0 Å². The third kappa shape index (κ3) is 1.78. The predicted octanol–water partition coefficient (Wildman–Crippen LogP) is 5.04. The van der Waals surface area contributed by atoms with E-state index in [9.17, 15) is 0 Å². The van der Waals surface area contributed by atoms with Gasteiger partial charge in [-0.1, -0.05) is 46.4 Å². The maximum Gasteiger partial charge on any atom is 0.0696 e. The summed E-state index contributed by atoms with van der Waals surface area (Å²) in [5, 5.41) is 1.76. The zero-order valence-corrected chi connectivity index (χ0v) is 12.6. The molecular weight excluding hydrogens is 326 g/mol. The van der Waals surface area contributed by atoms with Gasteiger partial charge in [0.1, 0.15) is 0 Å². The van der Waals surface area contributed by atoms with E-state index in [2.05, 4.69) is 0 Å². The number of nitrogens with two attached hydrogens (primary N) is 2. The summed E-state index contributed by atoms with van der Waals surface area (Å²) >= 11 is 24.6. The van der Waals surface area contributed by atoms with Gasteiger partial charge in [-0.3, -0.25) is 0 Å². The fraction of sp³-hybridized carbons (Fsp3) is 0.0769. The van der Waals surface area contributed by atoms with Gasteiger partial charge in [0.15, 0.2) is 0 Å². The lowest BCUT2D eigenvalue weighted by Crippen LogP contribution is -1.93. The molecule has 0 saturated heterocycles. The molecule has 6 heteroatoms. The molecule has 1 aliphatic rings. The highest BCUT2D eigenvalue weighted by molar-refractivity contribution is 6.41. The molecule has 0 atom stereocenters. The SMILES string of the molecule is Nc1c(Cl)cc2c(c1Cl)Cc1c-2cc(Cl)c(N)c1Cl.